The molecule has 8 heteroatoms. The summed E-state index contributed by atoms with van der Waals surface area (Å²) in [5, 5.41) is 0. The molecular formula is C21H12Br2FNO4. The third-order valence-electron chi connectivity index (χ3n) is 4.01. The number of esters is 1. The summed E-state index contributed by atoms with van der Waals surface area (Å²) in [5.41, 5.74) is 1.29. The van der Waals surface area contributed by atoms with E-state index in [-0.39, 0.29) is 24.0 Å². The van der Waals surface area contributed by atoms with Crippen LogP contribution in [-0.4, -0.2) is 11.9 Å². The van der Waals surface area contributed by atoms with Gasteiger partial charge in [-0.25, -0.2) is 14.2 Å². The number of carbonyl (C=O) groups is 1. The second-order valence-corrected chi connectivity index (χ2v) is 7.72. The minimum Gasteiger partial charge on any atom is -0.486 e. The molecule has 0 N–H and O–H groups in total. The zero-order valence-electron chi connectivity index (χ0n) is 14.7. The maximum atomic E-state index is 13.8. The lowest BCUT2D eigenvalue weighted by Gasteiger charge is -2.12. The van der Waals surface area contributed by atoms with Crippen LogP contribution >= 0.6 is 31.9 Å². The Morgan fingerprint density at radius 1 is 1.10 bits per heavy atom. The fourth-order valence-electron chi connectivity index (χ4n) is 2.64. The van der Waals surface area contributed by atoms with Gasteiger partial charge in [0, 0.05) is 5.56 Å². The molecule has 0 aliphatic carbocycles. The number of nitrogens with zero attached hydrogens (tertiary/aromatic N) is 1. The molecule has 4 rings (SSSR count). The quantitative estimate of drug-likeness (QED) is 0.312. The molecule has 0 bridgehead atoms. The summed E-state index contributed by atoms with van der Waals surface area (Å²) in [7, 11) is 0. The van der Waals surface area contributed by atoms with Crippen LogP contribution in [0.15, 0.2) is 78.8 Å². The van der Waals surface area contributed by atoms with Crippen LogP contribution < -0.4 is 4.74 Å². The summed E-state index contributed by atoms with van der Waals surface area (Å²) in [4.78, 5) is 16.3. The molecule has 0 amide bonds. The highest BCUT2D eigenvalue weighted by molar-refractivity contribution is 9.11. The van der Waals surface area contributed by atoms with E-state index in [0.29, 0.717) is 31.6 Å². The third kappa shape index (κ3) is 4.33. The summed E-state index contributed by atoms with van der Waals surface area (Å²) >= 11 is 6.91. The molecule has 3 aromatic rings. The normalized spacial score (nSPS) is 14.8. The average molecular weight is 521 g/mol. The number of cyclic esters (lactones) is 1. The Morgan fingerprint density at radius 3 is 2.55 bits per heavy atom. The molecule has 5 nitrogen and oxygen atoms in total. The van der Waals surface area contributed by atoms with E-state index in [1.54, 1.807) is 48.5 Å². The van der Waals surface area contributed by atoms with E-state index in [9.17, 15) is 9.18 Å². The molecule has 0 unspecified atom stereocenters. The van der Waals surface area contributed by atoms with Gasteiger partial charge in [-0.1, -0.05) is 18.2 Å². The van der Waals surface area contributed by atoms with Gasteiger partial charge in [-0.15, -0.1) is 0 Å². The Morgan fingerprint density at radius 2 is 1.86 bits per heavy atom. The molecule has 1 aliphatic rings. The van der Waals surface area contributed by atoms with Gasteiger partial charge < -0.3 is 13.9 Å². The predicted octanol–water partition coefficient (Wildman–Crippen LogP) is 5.87. The lowest BCUT2D eigenvalue weighted by molar-refractivity contribution is -0.130. The van der Waals surface area contributed by atoms with Crippen LogP contribution in [0.1, 0.15) is 16.9 Å². The molecule has 0 saturated carbocycles. The number of halogens is 3. The summed E-state index contributed by atoms with van der Waals surface area (Å²) in [6.45, 7) is 0.0768. The van der Waals surface area contributed by atoms with Crippen LogP contribution in [0.5, 0.6) is 5.75 Å². The second-order valence-electron chi connectivity index (χ2n) is 6.01. The standard InChI is InChI=1S/C21H12Br2FNO4/c22-14-8-12(10-17-21(26)29-20(25-17)18-6-3-7-27-18)9-15(23)19(14)28-11-13-4-1-2-5-16(13)24/h1-10H,11H2/b17-10-. The number of hydrogen-bond donors (Lipinski definition) is 0. The monoisotopic (exact) mass is 519 g/mol. The van der Waals surface area contributed by atoms with Crippen LogP contribution in [0.2, 0.25) is 0 Å². The van der Waals surface area contributed by atoms with Gasteiger partial charge in [0.2, 0.25) is 0 Å². The number of ether oxygens (including phenoxy) is 2. The molecular weight excluding hydrogens is 509 g/mol. The topological polar surface area (TPSA) is 61.0 Å². The number of hydrogen-bond acceptors (Lipinski definition) is 5. The maximum Gasteiger partial charge on any atom is 0.363 e. The number of benzene rings is 2. The van der Waals surface area contributed by atoms with Crippen molar-refractivity contribution in [3.8, 4) is 5.75 Å². The Hall–Kier alpha value is -2.71. The Bertz CT molecular complexity index is 1120. The molecule has 146 valence electrons. The molecule has 0 spiro atoms. The van der Waals surface area contributed by atoms with Gasteiger partial charge in [-0.3, -0.25) is 0 Å². The molecule has 1 aromatic heterocycles. The van der Waals surface area contributed by atoms with Crippen molar-refractivity contribution in [2.45, 2.75) is 6.61 Å². The molecule has 0 atom stereocenters. The van der Waals surface area contributed by atoms with E-state index in [0.717, 1.165) is 0 Å². The van der Waals surface area contributed by atoms with Gasteiger partial charge in [0.25, 0.3) is 5.90 Å². The molecule has 0 radical (unpaired) electrons. The first-order valence-electron chi connectivity index (χ1n) is 8.43. The van der Waals surface area contributed by atoms with Crippen LogP contribution in [-0.2, 0) is 16.1 Å². The van der Waals surface area contributed by atoms with Crippen LogP contribution in [0.25, 0.3) is 6.08 Å². The van der Waals surface area contributed by atoms with Crippen LogP contribution in [0.3, 0.4) is 0 Å². The Labute approximate surface area is 182 Å². The first-order chi connectivity index (χ1) is 14.0. The van der Waals surface area contributed by atoms with E-state index in [1.165, 1.54) is 12.3 Å². The summed E-state index contributed by atoms with van der Waals surface area (Å²) in [6.07, 6.45) is 3.07. The minimum absolute atomic E-state index is 0.0768. The van der Waals surface area contributed by atoms with Crippen molar-refractivity contribution in [1.82, 2.24) is 0 Å². The first kappa shape index (κ1) is 19.6. The lowest BCUT2D eigenvalue weighted by atomic mass is 10.2. The molecule has 29 heavy (non-hydrogen) atoms. The van der Waals surface area contributed by atoms with Gasteiger partial charge in [0.15, 0.2) is 11.5 Å². The van der Waals surface area contributed by atoms with Crippen molar-refractivity contribution >= 4 is 49.8 Å². The van der Waals surface area contributed by atoms with Crippen molar-refractivity contribution in [2.75, 3.05) is 0 Å². The maximum absolute atomic E-state index is 13.8. The number of carbonyl (C=O) groups excluding carboxylic acids is 1. The highest BCUT2D eigenvalue weighted by Crippen LogP contribution is 2.36. The zero-order valence-corrected chi connectivity index (χ0v) is 17.9. The number of aliphatic imine (C=N–C) groups is 1. The second kappa shape index (κ2) is 8.34. The van der Waals surface area contributed by atoms with Crippen molar-refractivity contribution < 1.29 is 23.1 Å². The molecule has 1 aliphatic heterocycles. The highest BCUT2D eigenvalue weighted by Gasteiger charge is 2.26. The van der Waals surface area contributed by atoms with Gasteiger partial charge in [-0.2, -0.15) is 0 Å². The Balaban J connectivity index is 1.56. The fourth-order valence-corrected chi connectivity index (χ4v) is 4.09. The summed E-state index contributed by atoms with van der Waals surface area (Å²) in [6, 6.07) is 13.3. The van der Waals surface area contributed by atoms with E-state index < -0.39 is 5.97 Å². The third-order valence-corrected chi connectivity index (χ3v) is 5.18. The zero-order chi connectivity index (χ0) is 20.4. The van der Waals surface area contributed by atoms with Gasteiger partial charge in [0.1, 0.15) is 18.2 Å². The van der Waals surface area contributed by atoms with Crippen molar-refractivity contribution in [1.29, 1.82) is 0 Å². The van der Waals surface area contributed by atoms with Crippen molar-refractivity contribution in [2.24, 2.45) is 4.99 Å². The fraction of sp³-hybridized carbons (Fsp3) is 0.0476. The van der Waals surface area contributed by atoms with Crippen molar-refractivity contribution in [3.63, 3.8) is 0 Å². The van der Waals surface area contributed by atoms with E-state index in [4.69, 9.17) is 13.9 Å². The van der Waals surface area contributed by atoms with E-state index >= 15 is 0 Å². The first-order valence-corrected chi connectivity index (χ1v) is 10.0. The predicted molar refractivity (Wildman–Crippen MR) is 112 cm³/mol. The lowest BCUT2D eigenvalue weighted by Crippen LogP contribution is -2.04. The molecule has 0 saturated heterocycles. The van der Waals surface area contributed by atoms with Gasteiger partial charge in [-0.05, 0) is 73.8 Å². The molecule has 0 fully saturated rings. The number of furan rings is 1. The van der Waals surface area contributed by atoms with E-state index in [2.05, 4.69) is 36.9 Å². The van der Waals surface area contributed by atoms with E-state index in [1.807, 2.05) is 0 Å². The summed E-state index contributed by atoms with van der Waals surface area (Å²) in [5.74, 6) is 0.119. The SMILES string of the molecule is O=C1OC(c2ccco2)=N/C1=C\c1cc(Br)c(OCc2ccccc2F)c(Br)c1. The molecule has 2 aromatic carbocycles. The van der Waals surface area contributed by atoms with Crippen LogP contribution in [0.4, 0.5) is 4.39 Å². The Kier molecular flexibility index (Phi) is 5.64. The smallest absolute Gasteiger partial charge is 0.363 e. The minimum atomic E-state index is -0.566. The molecule has 2 heterocycles. The highest BCUT2D eigenvalue weighted by atomic mass is 79.9. The average Bonchev–Trinajstić information content (AvgIpc) is 3.33. The van der Waals surface area contributed by atoms with Gasteiger partial charge >= 0.3 is 5.97 Å². The van der Waals surface area contributed by atoms with Crippen LogP contribution in [0, 0.1) is 5.82 Å². The largest absolute Gasteiger partial charge is 0.486 e. The van der Waals surface area contributed by atoms with Gasteiger partial charge in [0.05, 0.1) is 15.2 Å². The summed E-state index contributed by atoms with van der Waals surface area (Å²) < 4.78 is 31.1. The number of rotatable bonds is 5. The van der Waals surface area contributed by atoms with Crippen molar-refractivity contribution in [3.05, 3.63) is 92.1 Å².